The van der Waals surface area contributed by atoms with Crippen LogP contribution in [0.2, 0.25) is 0 Å². The summed E-state index contributed by atoms with van der Waals surface area (Å²) in [5.74, 6) is -1.20. The first-order valence-electron chi connectivity index (χ1n) is 5.40. The molecule has 0 heterocycles. The van der Waals surface area contributed by atoms with Gasteiger partial charge in [0.25, 0.3) is 0 Å². The first-order chi connectivity index (χ1) is 9.19. The maximum atomic E-state index is 12.0. The van der Waals surface area contributed by atoms with E-state index in [2.05, 4.69) is 10.0 Å². The first-order valence-corrected chi connectivity index (χ1v) is 6.88. The molecule has 1 atom stereocenters. The van der Waals surface area contributed by atoms with Crippen LogP contribution in [0.3, 0.4) is 0 Å². The standard InChI is InChI=1S/C10H13N3O6S/c1-6(10(15)11-2)12-20(18,19)7-3-4-9(14)8(5-7)13(16)17/h3-6,12,14H,1-2H3,(H,11,15). The Balaban J connectivity index is 3.13. The SMILES string of the molecule is CNC(=O)C(C)NS(=O)(=O)c1ccc(O)c([N+](=O)[O-])c1. The van der Waals surface area contributed by atoms with Crippen molar-refractivity contribution in [2.45, 2.75) is 17.9 Å². The summed E-state index contributed by atoms with van der Waals surface area (Å²) in [4.78, 5) is 20.6. The van der Waals surface area contributed by atoms with E-state index in [0.29, 0.717) is 6.07 Å². The van der Waals surface area contributed by atoms with Crippen LogP contribution in [0.15, 0.2) is 23.1 Å². The molecule has 0 aliphatic heterocycles. The average molecular weight is 303 g/mol. The fourth-order valence-electron chi connectivity index (χ4n) is 1.39. The Bertz CT molecular complexity index is 642. The number of benzene rings is 1. The van der Waals surface area contributed by atoms with Crippen LogP contribution in [-0.2, 0) is 14.8 Å². The number of sulfonamides is 1. The molecule has 1 unspecified atom stereocenters. The van der Waals surface area contributed by atoms with E-state index in [1.165, 1.54) is 14.0 Å². The van der Waals surface area contributed by atoms with Gasteiger partial charge in [0.1, 0.15) is 0 Å². The normalized spacial score (nSPS) is 12.7. The summed E-state index contributed by atoms with van der Waals surface area (Å²) in [6.45, 7) is 1.32. The van der Waals surface area contributed by atoms with E-state index >= 15 is 0 Å². The van der Waals surface area contributed by atoms with Crippen LogP contribution in [0.5, 0.6) is 5.75 Å². The molecule has 0 aromatic heterocycles. The van der Waals surface area contributed by atoms with Crippen molar-refractivity contribution < 1.29 is 23.2 Å². The highest BCUT2D eigenvalue weighted by Gasteiger charge is 2.24. The Morgan fingerprint density at radius 1 is 1.45 bits per heavy atom. The number of nitrogens with one attached hydrogen (secondary N) is 2. The zero-order valence-corrected chi connectivity index (χ0v) is 11.5. The number of carbonyl (C=O) groups excluding carboxylic acids is 1. The van der Waals surface area contributed by atoms with Crippen molar-refractivity contribution in [1.82, 2.24) is 10.0 Å². The van der Waals surface area contributed by atoms with Crippen molar-refractivity contribution in [2.24, 2.45) is 0 Å². The Kier molecular flexibility index (Phi) is 4.63. The number of nitro benzene ring substituents is 1. The topological polar surface area (TPSA) is 139 Å². The fourth-order valence-corrected chi connectivity index (χ4v) is 2.61. The summed E-state index contributed by atoms with van der Waals surface area (Å²) in [5, 5.41) is 22.2. The molecule has 0 aliphatic carbocycles. The van der Waals surface area contributed by atoms with Gasteiger partial charge in [0.15, 0.2) is 5.75 Å². The molecule has 10 heteroatoms. The zero-order valence-electron chi connectivity index (χ0n) is 10.7. The van der Waals surface area contributed by atoms with Gasteiger partial charge in [-0.1, -0.05) is 0 Å². The van der Waals surface area contributed by atoms with Gasteiger partial charge in [0.05, 0.1) is 15.9 Å². The lowest BCUT2D eigenvalue weighted by Crippen LogP contribution is -2.43. The maximum absolute atomic E-state index is 12.0. The van der Waals surface area contributed by atoms with Crippen LogP contribution in [0.1, 0.15) is 6.92 Å². The number of amides is 1. The summed E-state index contributed by atoms with van der Waals surface area (Å²) in [6.07, 6.45) is 0. The quantitative estimate of drug-likeness (QED) is 0.504. The van der Waals surface area contributed by atoms with Crippen LogP contribution in [0, 0.1) is 10.1 Å². The number of nitro groups is 1. The molecule has 110 valence electrons. The Labute approximate surface area is 114 Å². The lowest BCUT2D eigenvalue weighted by atomic mass is 10.3. The van der Waals surface area contributed by atoms with Crippen molar-refractivity contribution >= 4 is 21.6 Å². The van der Waals surface area contributed by atoms with E-state index in [-0.39, 0.29) is 0 Å². The number of likely N-dealkylation sites (N-methyl/N-ethyl adjacent to an activating group) is 1. The molecule has 1 amide bonds. The second kappa shape index (κ2) is 5.84. The van der Waals surface area contributed by atoms with Crippen molar-refractivity contribution in [2.75, 3.05) is 7.05 Å². The van der Waals surface area contributed by atoms with Crippen LogP contribution < -0.4 is 10.0 Å². The lowest BCUT2D eigenvalue weighted by molar-refractivity contribution is -0.386. The van der Waals surface area contributed by atoms with E-state index in [9.17, 15) is 28.4 Å². The smallest absolute Gasteiger partial charge is 0.312 e. The Morgan fingerprint density at radius 3 is 2.55 bits per heavy atom. The molecule has 1 aromatic carbocycles. The minimum Gasteiger partial charge on any atom is -0.502 e. The number of carbonyl (C=O) groups is 1. The monoisotopic (exact) mass is 303 g/mol. The molecule has 9 nitrogen and oxygen atoms in total. The Morgan fingerprint density at radius 2 is 2.05 bits per heavy atom. The van der Waals surface area contributed by atoms with Gasteiger partial charge < -0.3 is 10.4 Å². The van der Waals surface area contributed by atoms with E-state index < -0.39 is 43.2 Å². The molecule has 0 bridgehead atoms. The summed E-state index contributed by atoms with van der Waals surface area (Å²) in [6, 6.07) is 1.57. The van der Waals surface area contributed by atoms with Gasteiger partial charge in [-0.3, -0.25) is 14.9 Å². The molecule has 0 spiro atoms. The van der Waals surface area contributed by atoms with Gasteiger partial charge in [-0.05, 0) is 19.1 Å². The minimum atomic E-state index is -4.11. The third-order valence-electron chi connectivity index (χ3n) is 2.43. The second-order valence-corrected chi connectivity index (χ2v) is 5.58. The molecule has 0 fully saturated rings. The third kappa shape index (κ3) is 3.42. The summed E-state index contributed by atoms with van der Waals surface area (Å²) < 4.78 is 26.0. The number of phenolic OH excluding ortho intramolecular Hbond substituents is 1. The van der Waals surface area contributed by atoms with Crippen LogP contribution in [-0.4, -0.2) is 37.4 Å². The summed E-state index contributed by atoms with van der Waals surface area (Å²) in [5.41, 5.74) is -0.736. The highest BCUT2D eigenvalue weighted by molar-refractivity contribution is 7.89. The number of aromatic hydroxyl groups is 1. The van der Waals surface area contributed by atoms with Crippen molar-refractivity contribution in [1.29, 1.82) is 0 Å². The van der Waals surface area contributed by atoms with Gasteiger partial charge >= 0.3 is 5.69 Å². The van der Waals surface area contributed by atoms with Gasteiger partial charge in [-0.2, -0.15) is 4.72 Å². The van der Waals surface area contributed by atoms with E-state index in [4.69, 9.17) is 0 Å². The maximum Gasteiger partial charge on any atom is 0.312 e. The number of phenols is 1. The molecule has 20 heavy (non-hydrogen) atoms. The van der Waals surface area contributed by atoms with Crippen molar-refractivity contribution in [3.8, 4) is 5.75 Å². The second-order valence-electron chi connectivity index (χ2n) is 3.86. The third-order valence-corrected chi connectivity index (χ3v) is 3.96. The van der Waals surface area contributed by atoms with Gasteiger partial charge in [-0.15, -0.1) is 0 Å². The van der Waals surface area contributed by atoms with Crippen LogP contribution in [0.4, 0.5) is 5.69 Å². The van der Waals surface area contributed by atoms with Crippen molar-refractivity contribution in [3.63, 3.8) is 0 Å². The fraction of sp³-hybridized carbons (Fsp3) is 0.300. The molecule has 3 N–H and O–H groups in total. The van der Waals surface area contributed by atoms with Gasteiger partial charge in [0.2, 0.25) is 15.9 Å². The number of hydrogen-bond acceptors (Lipinski definition) is 6. The molecule has 0 saturated carbocycles. The molecule has 0 saturated heterocycles. The van der Waals surface area contributed by atoms with E-state index in [0.717, 1.165) is 12.1 Å². The molecule has 1 rings (SSSR count). The lowest BCUT2D eigenvalue weighted by Gasteiger charge is -2.12. The number of hydrogen-bond donors (Lipinski definition) is 3. The average Bonchev–Trinajstić information content (AvgIpc) is 2.36. The zero-order chi connectivity index (χ0) is 15.5. The van der Waals surface area contributed by atoms with Crippen LogP contribution >= 0.6 is 0 Å². The first kappa shape index (κ1) is 15.9. The minimum absolute atomic E-state index is 0.419. The van der Waals surface area contributed by atoms with Crippen LogP contribution in [0.25, 0.3) is 0 Å². The molecule has 0 aliphatic rings. The number of rotatable bonds is 5. The molecular weight excluding hydrogens is 290 g/mol. The molecular formula is C10H13N3O6S. The largest absolute Gasteiger partial charge is 0.502 e. The van der Waals surface area contributed by atoms with Gasteiger partial charge in [-0.25, -0.2) is 8.42 Å². The van der Waals surface area contributed by atoms with E-state index in [1.54, 1.807) is 0 Å². The highest BCUT2D eigenvalue weighted by Crippen LogP contribution is 2.28. The van der Waals surface area contributed by atoms with Gasteiger partial charge in [0, 0.05) is 13.1 Å². The summed E-state index contributed by atoms with van der Waals surface area (Å²) >= 11 is 0. The highest BCUT2D eigenvalue weighted by atomic mass is 32.2. The van der Waals surface area contributed by atoms with Crippen molar-refractivity contribution in [3.05, 3.63) is 28.3 Å². The predicted molar refractivity (Wildman–Crippen MR) is 68.6 cm³/mol. The molecule has 1 aromatic rings. The number of nitrogens with zero attached hydrogens (tertiary/aromatic N) is 1. The predicted octanol–water partition coefficient (Wildman–Crippen LogP) is -0.287. The Hall–Kier alpha value is -2.20. The molecule has 0 radical (unpaired) electrons. The summed E-state index contributed by atoms with van der Waals surface area (Å²) in [7, 11) is -2.77. The van der Waals surface area contributed by atoms with E-state index in [1.807, 2.05) is 0 Å².